The van der Waals surface area contributed by atoms with E-state index >= 15 is 0 Å². The molecule has 1 aromatic heterocycles. The zero-order valence-corrected chi connectivity index (χ0v) is 14.5. The van der Waals surface area contributed by atoms with Crippen LogP contribution in [0.2, 0.25) is 0 Å². The first-order valence-electron chi connectivity index (χ1n) is 8.85. The molecule has 0 bridgehead atoms. The summed E-state index contributed by atoms with van der Waals surface area (Å²) in [5.41, 5.74) is 0.232. The van der Waals surface area contributed by atoms with Crippen molar-refractivity contribution in [3.63, 3.8) is 0 Å². The highest BCUT2D eigenvalue weighted by Gasteiger charge is 2.51. The molecule has 1 aromatic rings. The molecule has 1 saturated carbocycles. The Morgan fingerprint density at radius 1 is 1.28 bits per heavy atom. The van der Waals surface area contributed by atoms with Crippen molar-refractivity contribution in [3.05, 3.63) is 30.1 Å². The van der Waals surface area contributed by atoms with E-state index in [0.29, 0.717) is 12.8 Å². The smallest absolute Gasteiger partial charge is 0.325 e. The van der Waals surface area contributed by atoms with Gasteiger partial charge in [-0.1, -0.05) is 19.3 Å². The number of carbonyl (C=O) groups excluding carboxylic acids is 3. The fourth-order valence-electron chi connectivity index (χ4n) is 3.64. The molecule has 0 aromatic carbocycles. The van der Waals surface area contributed by atoms with Gasteiger partial charge in [-0.15, -0.1) is 0 Å². The lowest BCUT2D eigenvalue weighted by Gasteiger charge is -2.30. The van der Waals surface area contributed by atoms with Gasteiger partial charge in [0.25, 0.3) is 5.91 Å². The molecule has 0 radical (unpaired) electrons. The topological polar surface area (TPSA) is 91.4 Å². The van der Waals surface area contributed by atoms with Crippen LogP contribution in [0.15, 0.2) is 24.5 Å². The molecule has 2 N–H and O–H groups in total. The van der Waals surface area contributed by atoms with Crippen molar-refractivity contribution in [2.45, 2.75) is 57.0 Å². The van der Waals surface area contributed by atoms with Gasteiger partial charge in [-0.3, -0.25) is 19.5 Å². The summed E-state index contributed by atoms with van der Waals surface area (Å²) in [7, 11) is 0. The lowest BCUT2D eigenvalue weighted by molar-refractivity contribution is -0.132. The lowest BCUT2D eigenvalue weighted by atomic mass is 9.82. The number of amides is 4. The van der Waals surface area contributed by atoms with Crippen molar-refractivity contribution in [1.29, 1.82) is 0 Å². The van der Waals surface area contributed by atoms with Gasteiger partial charge >= 0.3 is 6.03 Å². The third-order valence-corrected chi connectivity index (χ3v) is 5.10. The number of hydrogen-bond donors (Lipinski definition) is 2. The normalized spacial score (nSPS) is 20.4. The monoisotopic (exact) mass is 344 g/mol. The minimum Gasteiger partial charge on any atom is -0.350 e. The molecule has 3 rings (SSSR count). The molecule has 134 valence electrons. The Hall–Kier alpha value is -2.44. The maximum atomic E-state index is 12.7. The minimum atomic E-state index is -0.726. The molecular formula is C18H24N4O3. The van der Waals surface area contributed by atoms with Gasteiger partial charge < -0.3 is 10.6 Å². The Morgan fingerprint density at radius 3 is 2.64 bits per heavy atom. The molecule has 1 aliphatic heterocycles. The number of carbonyl (C=O) groups is 3. The van der Waals surface area contributed by atoms with Crippen LogP contribution in [-0.4, -0.2) is 39.8 Å². The van der Waals surface area contributed by atoms with Gasteiger partial charge in [0.2, 0.25) is 5.91 Å². The fourth-order valence-corrected chi connectivity index (χ4v) is 3.64. The molecule has 7 nitrogen and oxygen atoms in total. The number of nitrogens with zero attached hydrogens (tertiary/aromatic N) is 2. The standard InChI is InChI=1S/C18H24N4O3/c1-13(14-5-10-19-11-6-14)20-15(23)7-12-22-16(24)18(21-17(22)25)8-3-2-4-9-18/h5-6,10-11,13H,2-4,7-9,12H2,1H3,(H,20,23)(H,21,25)/t13-/m0/s1. The summed E-state index contributed by atoms with van der Waals surface area (Å²) in [6.07, 6.45) is 7.83. The average molecular weight is 344 g/mol. The van der Waals surface area contributed by atoms with Gasteiger partial charge in [0.1, 0.15) is 5.54 Å². The summed E-state index contributed by atoms with van der Waals surface area (Å²) in [5.74, 6) is -0.360. The Morgan fingerprint density at radius 2 is 1.96 bits per heavy atom. The predicted octanol–water partition coefficient (Wildman–Crippen LogP) is 1.90. The van der Waals surface area contributed by atoms with Gasteiger partial charge in [0.15, 0.2) is 0 Å². The van der Waals surface area contributed by atoms with Crippen LogP contribution >= 0.6 is 0 Å². The highest BCUT2D eigenvalue weighted by atomic mass is 16.2. The molecule has 1 atom stereocenters. The van der Waals surface area contributed by atoms with Crippen molar-refractivity contribution in [2.75, 3.05) is 6.54 Å². The van der Waals surface area contributed by atoms with E-state index in [0.717, 1.165) is 24.8 Å². The van der Waals surface area contributed by atoms with Crippen LogP contribution in [0.5, 0.6) is 0 Å². The lowest BCUT2D eigenvalue weighted by Crippen LogP contribution is -2.48. The zero-order valence-electron chi connectivity index (χ0n) is 14.5. The minimum absolute atomic E-state index is 0.102. The van der Waals surface area contributed by atoms with Gasteiger partial charge in [0.05, 0.1) is 6.04 Å². The number of rotatable bonds is 5. The van der Waals surface area contributed by atoms with Crippen LogP contribution in [-0.2, 0) is 9.59 Å². The molecule has 2 heterocycles. The van der Waals surface area contributed by atoms with Crippen molar-refractivity contribution in [2.24, 2.45) is 0 Å². The average Bonchev–Trinajstić information content (AvgIpc) is 2.84. The second-order valence-corrected chi connectivity index (χ2v) is 6.85. The van der Waals surface area contributed by atoms with E-state index in [1.165, 1.54) is 4.90 Å². The fraction of sp³-hybridized carbons (Fsp3) is 0.556. The van der Waals surface area contributed by atoms with Crippen molar-refractivity contribution in [3.8, 4) is 0 Å². The molecule has 1 spiro atoms. The number of pyridine rings is 1. The Balaban J connectivity index is 1.53. The van der Waals surface area contributed by atoms with Gasteiger partial charge in [-0.25, -0.2) is 4.79 Å². The zero-order chi connectivity index (χ0) is 17.9. The number of hydrogen-bond acceptors (Lipinski definition) is 4. The van der Waals surface area contributed by atoms with Crippen LogP contribution in [0.1, 0.15) is 57.1 Å². The summed E-state index contributed by atoms with van der Waals surface area (Å²) < 4.78 is 0. The molecule has 4 amide bonds. The Bertz CT molecular complexity index is 656. The van der Waals surface area contributed by atoms with Crippen LogP contribution < -0.4 is 10.6 Å². The Kier molecular flexibility index (Phi) is 5.01. The predicted molar refractivity (Wildman–Crippen MR) is 91.5 cm³/mol. The highest BCUT2D eigenvalue weighted by Crippen LogP contribution is 2.33. The van der Waals surface area contributed by atoms with Crippen molar-refractivity contribution in [1.82, 2.24) is 20.5 Å². The molecule has 7 heteroatoms. The SMILES string of the molecule is C[C@H](NC(=O)CCN1C(=O)NC2(CCCCC2)C1=O)c1ccncc1. The summed E-state index contributed by atoms with van der Waals surface area (Å²) in [6.45, 7) is 2.00. The molecular weight excluding hydrogens is 320 g/mol. The molecule has 1 saturated heterocycles. The molecule has 1 aliphatic carbocycles. The number of urea groups is 1. The number of nitrogens with one attached hydrogen (secondary N) is 2. The van der Waals surface area contributed by atoms with Crippen LogP contribution in [0.25, 0.3) is 0 Å². The summed E-state index contributed by atoms with van der Waals surface area (Å²) >= 11 is 0. The third-order valence-electron chi connectivity index (χ3n) is 5.10. The first-order chi connectivity index (χ1) is 12.0. The van der Waals surface area contributed by atoms with E-state index in [1.54, 1.807) is 12.4 Å². The summed E-state index contributed by atoms with van der Waals surface area (Å²) in [6, 6.07) is 3.16. The maximum absolute atomic E-state index is 12.7. The van der Waals surface area contributed by atoms with E-state index in [4.69, 9.17) is 0 Å². The van der Waals surface area contributed by atoms with Crippen LogP contribution in [0.3, 0.4) is 0 Å². The summed E-state index contributed by atoms with van der Waals surface area (Å²) in [4.78, 5) is 42.1. The molecule has 2 fully saturated rings. The Labute approximate surface area is 147 Å². The van der Waals surface area contributed by atoms with Crippen molar-refractivity contribution >= 4 is 17.8 Å². The van der Waals surface area contributed by atoms with E-state index < -0.39 is 5.54 Å². The van der Waals surface area contributed by atoms with Crippen molar-refractivity contribution < 1.29 is 14.4 Å². The van der Waals surface area contributed by atoms with Gasteiger partial charge in [0, 0.05) is 25.4 Å². The van der Waals surface area contributed by atoms with E-state index in [9.17, 15) is 14.4 Å². The van der Waals surface area contributed by atoms with Gasteiger partial charge in [-0.2, -0.15) is 0 Å². The number of imide groups is 1. The quantitative estimate of drug-likeness (QED) is 0.798. The summed E-state index contributed by atoms with van der Waals surface area (Å²) in [5, 5.41) is 5.74. The number of aromatic nitrogens is 1. The van der Waals surface area contributed by atoms with E-state index in [1.807, 2.05) is 19.1 Å². The molecule has 25 heavy (non-hydrogen) atoms. The highest BCUT2D eigenvalue weighted by molar-refractivity contribution is 6.07. The largest absolute Gasteiger partial charge is 0.350 e. The molecule has 0 unspecified atom stereocenters. The van der Waals surface area contributed by atoms with E-state index in [2.05, 4.69) is 15.6 Å². The first kappa shape index (κ1) is 17.4. The van der Waals surface area contributed by atoms with Crippen LogP contribution in [0.4, 0.5) is 4.79 Å². The molecule has 2 aliphatic rings. The first-order valence-corrected chi connectivity index (χ1v) is 8.85. The second-order valence-electron chi connectivity index (χ2n) is 6.85. The third kappa shape index (κ3) is 3.65. The van der Waals surface area contributed by atoms with E-state index in [-0.39, 0.29) is 36.9 Å². The van der Waals surface area contributed by atoms with Crippen LogP contribution in [0, 0.1) is 0 Å². The van der Waals surface area contributed by atoms with Gasteiger partial charge in [-0.05, 0) is 37.5 Å². The maximum Gasteiger partial charge on any atom is 0.325 e. The second kappa shape index (κ2) is 7.21.